The average Bonchev–Trinajstić information content (AvgIpc) is 3.24. The third-order valence-corrected chi connectivity index (χ3v) is 5.28. The third-order valence-electron chi connectivity index (χ3n) is 5.28. The quantitative estimate of drug-likeness (QED) is 0.262. The molecule has 30 heavy (non-hydrogen) atoms. The van der Waals surface area contributed by atoms with Crippen molar-refractivity contribution in [1.29, 1.82) is 0 Å². The molecule has 2 aromatic heterocycles. The number of benzene rings is 2. The second-order valence-electron chi connectivity index (χ2n) is 7.24. The van der Waals surface area contributed by atoms with E-state index in [-0.39, 0.29) is 0 Å². The maximum absolute atomic E-state index is 5.98. The number of H-pyrrole nitrogens is 1. The normalized spacial score (nSPS) is 12.3. The Morgan fingerprint density at radius 2 is 2.07 bits per heavy atom. The number of methoxy groups -OCH3 is 1. The fraction of sp³-hybridized carbons (Fsp3) is 0.217. The van der Waals surface area contributed by atoms with E-state index >= 15 is 0 Å². The van der Waals surface area contributed by atoms with Gasteiger partial charge in [-0.1, -0.05) is 18.2 Å². The number of hydrogen-bond donors (Lipinski definition) is 3. The van der Waals surface area contributed by atoms with E-state index in [1.807, 2.05) is 43.6 Å². The maximum Gasteiger partial charge on any atom is 0.209 e. The van der Waals surface area contributed by atoms with Crippen molar-refractivity contribution < 1.29 is 4.74 Å². The number of ether oxygens (including phenoxy) is 1. The summed E-state index contributed by atoms with van der Waals surface area (Å²) < 4.78 is 7.43. The molecule has 4 rings (SSSR count). The number of hydrazone groups is 1. The van der Waals surface area contributed by atoms with Crippen molar-refractivity contribution in [2.75, 3.05) is 13.7 Å². The molecule has 0 saturated heterocycles. The minimum Gasteiger partial charge on any atom is -0.497 e. The van der Waals surface area contributed by atoms with Crippen LogP contribution in [0.5, 0.6) is 5.75 Å². The standard InChI is InChI=1S/C23H26N6O/c1-15-18(20-12-17(30-3)8-9-21(20)27-15)10-11-25-23(24)28-26-13-16-14-29(2)22-7-5-4-6-19(16)22/h4-9,12-14,27H,10-11H2,1-3H3,(H3,24,25,28)/b26-13+. The van der Waals surface area contributed by atoms with Gasteiger partial charge in [-0.2, -0.15) is 5.10 Å². The number of aryl methyl sites for hydroxylation is 2. The van der Waals surface area contributed by atoms with Crippen LogP contribution in [0.1, 0.15) is 16.8 Å². The molecule has 2 aromatic carbocycles. The van der Waals surface area contributed by atoms with Crippen LogP contribution in [-0.4, -0.2) is 35.4 Å². The number of aliphatic imine (C=N–C) groups is 1. The average molecular weight is 403 g/mol. The summed E-state index contributed by atoms with van der Waals surface area (Å²) in [4.78, 5) is 7.82. The van der Waals surface area contributed by atoms with Crippen molar-refractivity contribution in [2.45, 2.75) is 13.3 Å². The SMILES string of the molecule is COc1ccc2[nH]c(C)c(CCN=C(N)N/N=C/c3cn(C)c4ccccc34)c2c1. The van der Waals surface area contributed by atoms with Gasteiger partial charge in [0.1, 0.15) is 5.75 Å². The van der Waals surface area contributed by atoms with Crippen LogP contribution in [-0.2, 0) is 13.5 Å². The fourth-order valence-corrected chi connectivity index (χ4v) is 3.78. The van der Waals surface area contributed by atoms with Crippen molar-refractivity contribution in [3.8, 4) is 5.75 Å². The lowest BCUT2D eigenvalue weighted by Gasteiger charge is -2.03. The number of guanidine groups is 1. The molecule has 0 bridgehead atoms. The van der Waals surface area contributed by atoms with Crippen LogP contribution in [0.4, 0.5) is 0 Å². The Labute approximate surface area is 175 Å². The zero-order valence-corrected chi connectivity index (χ0v) is 17.4. The van der Waals surface area contributed by atoms with Gasteiger partial charge in [0.2, 0.25) is 5.96 Å². The Bertz CT molecular complexity index is 1250. The summed E-state index contributed by atoms with van der Waals surface area (Å²) >= 11 is 0. The predicted octanol–water partition coefficient (Wildman–Crippen LogP) is 3.46. The summed E-state index contributed by atoms with van der Waals surface area (Å²) in [5, 5.41) is 6.54. The molecule has 0 radical (unpaired) electrons. The Balaban J connectivity index is 1.41. The minimum atomic E-state index is 0.293. The number of para-hydroxylation sites is 1. The Morgan fingerprint density at radius 1 is 1.23 bits per heavy atom. The first kappa shape index (κ1) is 19.6. The van der Waals surface area contributed by atoms with E-state index < -0.39 is 0 Å². The number of nitrogens with two attached hydrogens (primary N) is 1. The van der Waals surface area contributed by atoms with Crippen LogP contribution in [0.3, 0.4) is 0 Å². The predicted molar refractivity (Wildman–Crippen MR) is 123 cm³/mol. The van der Waals surface area contributed by atoms with Gasteiger partial charge in [-0.15, -0.1) is 0 Å². The third kappa shape index (κ3) is 3.87. The van der Waals surface area contributed by atoms with Crippen LogP contribution >= 0.6 is 0 Å². The van der Waals surface area contributed by atoms with Crippen LogP contribution < -0.4 is 15.9 Å². The number of nitrogens with one attached hydrogen (secondary N) is 2. The van der Waals surface area contributed by atoms with Gasteiger partial charge in [0.15, 0.2) is 0 Å². The number of hydrogen-bond acceptors (Lipinski definition) is 3. The molecule has 0 fully saturated rings. The van der Waals surface area contributed by atoms with Gasteiger partial charge < -0.3 is 20.0 Å². The molecular formula is C23H26N6O. The highest BCUT2D eigenvalue weighted by atomic mass is 16.5. The summed E-state index contributed by atoms with van der Waals surface area (Å²) in [5.74, 6) is 1.14. The van der Waals surface area contributed by atoms with E-state index in [1.165, 1.54) is 5.56 Å². The Morgan fingerprint density at radius 3 is 2.90 bits per heavy atom. The molecule has 0 saturated carbocycles. The first-order valence-electron chi connectivity index (χ1n) is 9.85. The largest absolute Gasteiger partial charge is 0.497 e. The van der Waals surface area contributed by atoms with E-state index in [0.29, 0.717) is 12.5 Å². The lowest BCUT2D eigenvalue weighted by Crippen LogP contribution is -2.27. The molecule has 0 aliphatic carbocycles. The molecule has 4 aromatic rings. The molecule has 0 aliphatic rings. The van der Waals surface area contributed by atoms with Gasteiger partial charge >= 0.3 is 0 Å². The van der Waals surface area contributed by atoms with Gasteiger partial charge in [-0.05, 0) is 43.2 Å². The van der Waals surface area contributed by atoms with E-state index in [4.69, 9.17) is 10.5 Å². The van der Waals surface area contributed by atoms with Crippen LogP contribution in [0.2, 0.25) is 0 Å². The summed E-state index contributed by atoms with van der Waals surface area (Å²) in [6.45, 7) is 2.63. The monoisotopic (exact) mass is 402 g/mol. The molecule has 7 nitrogen and oxygen atoms in total. The lowest BCUT2D eigenvalue weighted by molar-refractivity contribution is 0.415. The van der Waals surface area contributed by atoms with Crippen molar-refractivity contribution in [3.63, 3.8) is 0 Å². The van der Waals surface area contributed by atoms with Crippen molar-refractivity contribution >= 4 is 34.0 Å². The van der Waals surface area contributed by atoms with Gasteiger partial charge in [0.05, 0.1) is 13.3 Å². The molecule has 2 heterocycles. The highest BCUT2D eigenvalue weighted by Crippen LogP contribution is 2.26. The maximum atomic E-state index is 5.98. The molecule has 0 spiro atoms. The van der Waals surface area contributed by atoms with Crippen LogP contribution in [0, 0.1) is 6.92 Å². The molecule has 0 amide bonds. The smallest absolute Gasteiger partial charge is 0.209 e. The van der Waals surface area contributed by atoms with E-state index in [1.54, 1.807) is 13.3 Å². The van der Waals surface area contributed by atoms with E-state index in [9.17, 15) is 0 Å². The van der Waals surface area contributed by atoms with Crippen molar-refractivity contribution in [2.24, 2.45) is 22.9 Å². The summed E-state index contributed by atoms with van der Waals surface area (Å²) in [7, 11) is 3.70. The molecule has 0 atom stereocenters. The number of aromatic amines is 1. The van der Waals surface area contributed by atoms with Gasteiger partial charge in [0.25, 0.3) is 0 Å². The summed E-state index contributed by atoms with van der Waals surface area (Å²) in [5.41, 5.74) is 14.4. The minimum absolute atomic E-state index is 0.293. The number of fused-ring (bicyclic) bond motifs is 2. The Kier molecular flexibility index (Phi) is 5.43. The molecule has 0 aliphatic heterocycles. The van der Waals surface area contributed by atoms with Crippen molar-refractivity contribution in [3.05, 3.63) is 65.5 Å². The lowest BCUT2D eigenvalue weighted by atomic mass is 10.1. The second-order valence-corrected chi connectivity index (χ2v) is 7.24. The van der Waals surface area contributed by atoms with Crippen molar-refractivity contribution in [1.82, 2.24) is 15.0 Å². The Hall–Kier alpha value is -3.74. The topological polar surface area (TPSA) is 92.7 Å². The first-order valence-corrected chi connectivity index (χ1v) is 9.85. The summed E-state index contributed by atoms with van der Waals surface area (Å²) in [6, 6.07) is 14.2. The molecule has 0 unspecified atom stereocenters. The number of aromatic nitrogens is 2. The molecular weight excluding hydrogens is 376 g/mol. The second kappa shape index (κ2) is 8.32. The zero-order chi connectivity index (χ0) is 21.1. The number of rotatable bonds is 6. The fourth-order valence-electron chi connectivity index (χ4n) is 3.78. The van der Waals surface area contributed by atoms with Gasteiger partial charge in [-0.3, -0.25) is 4.99 Å². The van der Waals surface area contributed by atoms with Crippen LogP contribution in [0.25, 0.3) is 21.8 Å². The van der Waals surface area contributed by atoms with E-state index in [0.717, 1.165) is 45.2 Å². The van der Waals surface area contributed by atoms with E-state index in [2.05, 4.69) is 44.1 Å². The van der Waals surface area contributed by atoms with Gasteiger partial charge in [0, 0.05) is 52.9 Å². The first-order chi connectivity index (χ1) is 14.6. The summed E-state index contributed by atoms with van der Waals surface area (Å²) in [6.07, 6.45) is 4.58. The zero-order valence-electron chi connectivity index (χ0n) is 17.4. The highest BCUT2D eigenvalue weighted by Gasteiger charge is 2.09. The highest BCUT2D eigenvalue weighted by molar-refractivity contribution is 5.99. The van der Waals surface area contributed by atoms with Gasteiger partial charge in [-0.25, -0.2) is 5.43 Å². The molecule has 7 heteroatoms. The van der Waals surface area contributed by atoms with Crippen LogP contribution in [0.15, 0.2) is 58.8 Å². The molecule has 4 N–H and O–H groups in total. The molecule has 154 valence electrons. The number of nitrogens with zero attached hydrogens (tertiary/aromatic N) is 3.